The Morgan fingerprint density at radius 2 is 1.83 bits per heavy atom. The fourth-order valence-electron chi connectivity index (χ4n) is 2.42. The molecule has 1 heterocycles. The average Bonchev–Trinajstić information content (AvgIpc) is 2.99. The van der Waals surface area contributed by atoms with E-state index in [0.717, 1.165) is 16.8 Å². The maximum absolute atomic E-state index is 10.9. The summed E-state index contributed by atoms with van der Waals surface area (Å²) in [5, 5.41) is 17.1. The van der Waals surface area contributed by atoms with Crippen LogP contribution in [-0.2, 0) is 6.54 Å². The topological polar surface area (TPSA) is 68.0 Å². The van der Waals surface area contributed by atoms with E-state index in [4.69, 9.17) is 5.11 Å². The van der Waals surface area contributed by atoms with Gasteiger partial charge in [-0.2, -0.15) is 0 Å². The Kier molecular flexibility index (Phi) is 3.93. The third-order valence-corrected chi connectivity index (χ3v) is 3.95. The molecule has 0 amide bonds. The predicted octanol–water partition coefficient (Wildman–Crippen LogP) is 3.31. The molecule has 23 heavy (non-hydrogen) atoms. The van der Waals surface area contributed by atoms with Gasteiger partial charge in [-0.3, -0.25) is 0 Å². The third kappa shape index (κ3) is 3.13. The van der Waals surface area contributed by atoms with E-state index in [9.17, 15) is 4.79 Å². The lowest BCUT2D eigenvalue weighted by atomic mass is 10.0. The van der Waals surface area contributed by atoms with E-state index in [1.54, 1.807) is 30.5 Å². The molecule has 5 heteroatoms. The fraction of sp³-hybridized carbons (Fsp3) is 0.167. The van der Waals surface area contributed by atoms with E-state index in [1.807, 2.05) is 4.68 Å². The van der Waals surface area contributed by atoms with E-state index in [-0.39, 0.29) is 5.56 Å². The molecule has 0 spiro atoms. The van der Waals surface area contributed by atoms with Crippen molar-refractivity contribution in [2.24, 2.45) is 0 Å². The number of hydrogen-bond acceptors (Lipinski definition) is 3. The maximum Gasteiger partial charge on any atom is 0.335 e. The second-order valence-corrected chi connectivity index (χ2v) is 5.58. The summed E-state index contributed by atoms with van der Waals surface area (Å²) in [5.74, 6) is -0.923. The van der Waals surface area contributed by atoms with Crippen molar-refractivity contribution in [2.45, 2.75) is 20.4 Å². The van der Waals surface area contributed by atoms with Gasteiger partial charge in [0.15, 0.2) is 0 Å². The number of hydrogen-bond donors (Lipinski definition) is 1. The van der Waals surface area contributed by atoms with Crippen molar-refractivity contribution in [3.63, 3.8) is 0 Å². The number of rotatable bonds is 4. The third-order valence-electron chi connectivity index (χ3n) is 3.95. The molecule has 0 saturated carbocycles. The summed E-state index contributed by atoms with van der Waals surface area (Å²) in [6.45, 7) is 4.71. The van der Waals surface area contributed by atoms with Crippen molar-refractivity contribution >= 4 is 5.97 Å². The van der Waals surface area contributed by atoms with Gasteiger partial charge in [-0.05, 0) is 48.7 Å². The normalized spacial score (nSPS) is 10.7. The molecule has 0 radical (unpaired) electrons. The van der Waals surface area contributed by atoms with Crippen molar-refractivity contribution in [3.8, 4) is 11.3 Å². The lowest BCUT2D eigenvalue weighted by molar-refractivity contribution is 0.0697. The highest BCUT2D eigenvalue weighted by Gasteiger charge is 2.09. The zero-order valence-corrected chi connectivity index (χ0v) is 13.0. The minimum Gasteiger partial charge on any atom is -0.478 e. The molecule has 3 aromatic rings. The first-order chi connectivity index (χ1) is 11.0. The quantitative estimate of drug-likeness (QED) is 0.803. The van der Waals surface area contributed by atoms with Gasteiger partial charge >= 0.3 is 5.97 Å². The van der Waals surface area contributed by atoms with Crippen molar-refractivity contribution in [3.05, 3.63) is 70.9 Å². The molecule has 0 bridgehead atoms. The molecule has 0 saturated heterocycles. The van der Waals surface area contributed by atoms with E-state index < -0.39 is 5.97 Å². The molecule has 5 nitrogen and oxygen atoms in total. The summed E-state index contributed by atoms with van der Waals surface area (Å²) in [5.41, 5.74) is 5.74. The van der Waals surface area contributed by atoms with Crippen LogP contribution in [0.2, 0.25) is 0 Å². The van der Waals surface area contributed by atoms with Gasteiger partial charge in [-0.25, -0.2) is 9.48 Å². The molecule has 0 unspecified atom stereocenters. The van der Waals surface area contributed by atoms with E-state index in [2.05, 4.69) is 42.4 Å². The maximum atomic E-state index is 10.9. The average molecular weight is 307 g/mol. The summed E-state index contributed by atoms with van der Waals surface area (Å²) in [4.78, 5) is 10.9. The summed E-state index contributed by atoms with van der Waals surface area (Å²) >= 11 is 0. The first kappa shape index (κ1) is 15.0. The number of carboxylic acids is 1. The van der Waals surface area contributed by atoms with Gasteiger partial charge < -0.3 is 5.11 Å². The first-order valence-electron chi connectivity index (χ1n) is 7.33. The fourth-order valence-corrected chi connectivity index (χ4v) is 2.42. The minimum absolute atomic E-state index is 0.279. The van der Waals surface area contributed by atoms with Crippen molar-refractivity contribution < 1.29 is 9.90 Å². The molecule has 0 aliphatic rings. The van der Waals surface area contributed by atoms with Crippen LogP contribution in [0.1, 0.15) is 27.0 Å². The monoisotopic (exact) mass is 307 g/mol. The largest absolute Gasteiger partial charge is 0.478 e. The van der Waals surface area contributed by atoms with E-state index in [0.29, 0.717) is 6.54 Å². The highest BCUT2D eigenvalue weighted by Crippen LogP contribution is 2.22. The Balaban J connectivity index is 1.88. The van der Waals surface area contributed by atoms with Gasteiger partial charge in [0, 0.05) is 5.56 Å². The SMILES string of the molecule is Cc1ccc(-c2cnnn2Cc2ccc(C(=O)O)cc2)cc1C. The number of benzene rings is 2. The summed E-state index contributed by atoms with van der Waals surface area (Å²) in [6.07, 6.45) is 1.75. The predicted molar refractivity (Wildman–Crippen MR) is 87.4 cm³/mol. The summed E-state index contributed by atoms with van der Waals surface area (Å²) < 4.78 is 1.82. The molecule has 0 aliphatic carbocycles. The highest BCUT2D eigenvalue weighted by molar-refractivity contribution is 5.87. The van der Waals surface area contributed by atoms with Gasteiger partial charge in [-0.1, -0.05) is 29.5 Å². The van der Waals surface area contributed by atoms with Crippen LogP contribution >= 0.6 is 0 Å². The van der Waals surface area contributed by atoms with Gasteiger partial charge in [0.05, 0.1) is 24.0 Å². The second kappa shape index (κ2) is 6.04. The van der Waals surface area contributed by atoms with Crippen LogP contribution in [0, 0.1) is 13.8 Å². The van der Waals surface area contributed by atoms with Crippen LogP contribution in [-0.4, -0.2) is 26.1 Å². The lowest BCUT2D eigenvalue weighted by Crippen LogP contribution is -2.05. The van der Waals surface area contributed by atoms with Crippen LogP contribution in [0.3, 0.4) is 0 Å². The van der Waals surface area contributed by atoms with Crippen molar-refractivity contribution in [1.29, 1.82) is 0 Å². The number of aryl methyl sites for hydroxylation is 2. The lowest BCUT2D eigenvalue weighted by Gasteiger charge is -2.08. The van der Waals surface area contributed by atoms with Crippen LogP contribution in [0.5, 0.6) is 0 Å². The molecular formula is C18H17N3O2. The minimum atomic E-state index is -0.923. The smallest absolute Gasteiger partial charge is 0.335 e. The van der Waals surface area contributed by atoms with Crippen LogP contribution in [0.15, 0.2) is 48.7 Å². The molecular weight excluding hydrogens is 290 g/mol. The Morgan fingerprint density at radius 1 is 1.09 bits per heavy atom. The molecule has 1 N–H and O–H groups in total. The van der Waals surface area contributed by atoms with E-state index >= 15 is 0 Å². The number of aromatic carboxylic acids is 1. The Bertz CT molecular complexity index is 851. The highest BCUT2D eigenvalue weighted by atomic mass is 16.4. The molecule has 0 atom stereocenters. The zero-order chi connectivity index (χ0) is 16.4. The molecule has 1 aromatic heterocycles. The van der Waals surface area contributed by atoms with Gasteiger partial charge in [0.25, 0.3) is 0 Å². The molecule has 2 aromatic carbocycles. The zero-order valence-electron chi connectivity index (χ0n) is 13.0. The summed E-state index contributed by atoms with van der Waals surface area (Å²) in [6, 6.07) is 13.1. The molecule has 116 valence electrons. The second-order valence-electron chi connectivity index (χ2n) is 5.58. The Hall–Kier alpha value is -2.95. The molecule has 3 rings (SSSR count). The number of nitrogens with zero attached hydrogens (tertiary/aromatic N) is 3. The Morgan fingerprint density at radius 3 is 2.48 bits per heavy atom. The Labute approximate surface area is 134 Å². The van der Waals surface area contributed by atoms with Crippen LogP contribution < -0.4 is 0 Å². The number of carboxylic acid groups (broad SMARTS) is 1. The van der Waals surface area contributed by atoms with E-state index in [1.165, 1.54) is 11.1 Å². The van der Waals surface area contributed by atoms with Crippen LogP contribution in [0.25, 0.3) is 11.3 Å². The number of aromatic nitrogens is 3. The van der Waals surface area contributed by atoms with Gasteiger partial charge in [-0.15, -0.1) is 5.10 Å². The van der Waals surface area contributed by atoms with Gasteiger partial charge in [0.1, 0.15) is 0 Å². The first-order valence-corrected chi connectivity index (χ1v) is 7.33. The summed E-state index contributed by atoms with van der Waals surface area (Å²) in [7, 11) is 0. The standard InChI is InChI=1S/C18H17N3O2/c1-12-3-6-16(9-13(12)2)17-10-19-20-21(17)11-14-4-7-15(8-5-14)18(22)23/h3-10H,11H2,1-2H3,(H,22,23). The molecule has 0 fully saturated rings. The van der Waals surface area contributed by atoms with Crippen LogP contribution in [0.4, 0.5) is 0 Å². The van der Waals surface area contributed by atoms with Crippen molar-refractivity contribution in [1.82, 2.24) is 15.0 Å². The molecule has 0 aliphatic heterocycles. The van der Waals surface area contributed by atoms with Crippen molar-refractivity contribution in [2.75, 3.05) is 0 Å². The van der Waals surface area contributed by atoms with Gasteiger partial charge in [0.2, 0.25) is 0 Å². The number of carbonyl (C=O) groups is 1.